The summed E-state index contributed by atoms with van der Waals surface area (Å²) in [6, 6.07) is 7.33. The smallest absolute Gasteiger partial charge is 0.227 e. The van der Waals surface area contributed by atoms with Crippen LogP contribution in [0.25, 0.3) is 0 Å². The van der Waals surface area contributed by atoms with Crippen molar-refractivity contribution in [1.29, 1.82) is 0 Å². The SMILES string of the molecule is COCC(c1ccc(Cl)cc1)N(C)C(=O)Cc1c(C)n[nH]c1C. The molecular formula is C17H22ClN3O2. The van der Waals surface area contributed by atoms with Gasteiger partial charge in [0.1, 0.15) is 0 Å². The third kappa shape index (κ3) is 4.12. The standard InChI is InChI=1S/C17H22ClN3O2/c1-11-15(12(2)20-19-11)9-17(22)21(3)16(10-23-4)13-5-7-14(18)8-6-13/h5-8,16H,9-10H2,1-4H3,(H,19,20). The predicted octanol–water partition coefficient (Wildman–Crippen LogP) is 3.07. The van der Waals surface area contributed by atoms with Crippen molar-refractivity contribution in [2.75, 3.05) is 20.8 Å². The summed E-state index contributed by atoms with van der Waals surface area (Å²) in [5, 5.41) is 7.73. The molecule has 1 unspecified atom stereocenters. The Hall–Kier alpha value is -1.85. The van der Waals surface area contributed by atoms with Crippen molar-refractivity contribution in [1.82, 2.24) is 15.1 Å². The molecule has 23 heavy (non-hydrogen) atoms. The number of H-pyrrole nitrogens is 1. The van der Waals surface area contributed by atoms with Crippen LogP contribution in [0, 0.1) is 13.8 Å². The van der Waals surface area contributed by atoms with Crippen LogP contribution in [0.1, 0.15) is 28.6 Å². The lowest BCUT2D eigenvalue weighted by Gasteiger charge is -2.28. The van der Waals surface area contributed by atoms with Crippen molar-refractivity contribution >= 4 is 17.5 Å². The van der Waals surface area contributed by atoms with Crippen molar-refractivity contribution in [3.63, 3.8) is 0 Å². The van der Waals surface area contributed by atoms with Crippen LogP contribution in [0.15, 0.2) is 24.3 Å². The van der Waals surface area contributed by atoms with Crippen LogP contribution in [-0.4, -0.2) is 41.8 Å². The Bertz CT molecular complexity index is 647. The normalized spacial score (nSPS) is 12.2. The minimum atomic E-state index is -0.155. The number of hydrogen-bond donors (Lipinski definition) is 1. The summed E-state index contributed by atoms with van der Waals surface area (Å²) in [5.74, 6) is 0.0228. The fraction of sp³-hybridized carbons (Fsp3) is 0.412. The van der Waals surface area contributed by atoms with Crippen LogP contribution in [-0.2, 0) is 16.0 Å². The molecule has 1 atom stereocenters. The van der Waals surface area contributed by atoms with Gasteiger partial charge in [-0.05, 0) is 31.5 Å². The number of methoxy groups -OCH3 is 1. The summed E-state index contributed by atoms with van der Waals surface area (Å²) in [7, 11) is 3.43. The van der Waals surface area contributed by atoms with Gasteiger partial charge in [-0.2, -0.15) is 5.10 Å². The van der Waals surface area contributed by atoms with Crippen molar-refractivity contribution < 1.29 is 9.53 Å². The number of ether oxygens (including phenoxy) is 1. The van der Waals surface area contributed by atoms with Crippen molar-refractivity contribution in [2.45, 2.75) is 26.3 Å². The largest absolute Gasteiger partial charge is 0.382 e. The number of rotatable bonds is 6. The molecule has 2 aromatic rings. The molecule has 0 aliphatic heterocycles. The lowest BCUT2D eigenvalue weighted by molar-refractivity contribution is -0.132. The second-order valence-electron chi connectivity index (χ2n) is 5.62. The molecule has 2 rings (SSSR count). The number of aromatic nitrogens is 2. The van der Waals surface area contributed by atoms with Gasteiger partial charge in [0.05, 0.1) is 24.8 Å². The summed E-state index contributed by atoms with van der Waals surface area (Å²) in [6.45, 7) is 4.25. The number of aromatic amines is 1. The van der Waals surface area contributed by atoms with Gasteiger partial charge < -0.3 is 9.64 Å². The van der Waals surface area contributed by atoms with Crippen LogP contribution < -0.4 is 0 Å². The number of carbonyl (C=O) groups excluding carboxylic acids is 1. The molecule has 0 aliphatic rings. The lowest BCUT2D eigenvalue weighted by Crippen LogP contribution is -2.35. The molecule has 0 radical (unpaired) electrons. The zero-order chi connectivity index (χ0) is 17.0. The second kappa shape index (κ2) is 7.62. The number of nitrogens with one attached hydrogen (secondary N) is 1. The number of halogens is 1. The second-order valence-corrected chi connectivity index (χ2v) is 6.05. The Kier molecular flexibility index (Phi) is 5.80. The minimum absolute atomic E-state index is 0.0228. The van der Waals surface area contributed by atoms with E-state index < -0.39 is 0 Å². The molecule has 1 heterocycles. The topological polar surface area (TPSA) is 58.2 Å². The first-order chi connectivity index (χ1) is 10.9. The van der Waals surface area contributed by atoms with Gasteiger partial charge in [-0.1, -0.05) is 23.7 Å². The molecule has 0 bridgehead atoms. The highest BCUT2D eigenvalue weighted by Crippen LogP contribution is 2.23. The maximum Gasteiger partial charge on any atom is 0.227 e. The Balaban J connectivity index is 2.18. The number of benzene rings is 1. The van der Waals surface area contributed by atoms with E-state index in [1.54, 1.807) is 19.1 Å². The van der Waals surface area contributed by atoms with Gasteiger partial charge in [0.2, 0.25) is 5.91 Å². The summed E-state index contributed by atoms with van der Waals surface area (Å²) in [4.78, 5) is 14.4. The predicted molar refractivity (Wildman–Crippen MR) is 90.6 cm³/mol. The number of hydrogen-bond acceptors (Lipinski definition) is 3. The van der Waals surface area contributed by atoms with E-state index in [1.807, 2.05) is 38.1 Å². The third-order valence-corrected chi connectivity index (χ3v) is 4.30. The Morgan fingerprint density at radius 2 is 2.00 bits per heavy atom. The van der Waals surface area contributed by atoms with Gasteiger partial charge in [-0.3, -0.25) is 9.89 Å². The highest BCUT2D eigenvalue weighted by Gasteiger charge is 2.23. The molecule has 0 aliphatic carbocycles. The Labute approximate surface area is 141 Å². The maximum absolute atomic E-state index is 12.7. The van der Waals surface area contributed by atoms with Crippen molar-refractivity contribution in [2.24, 2.45) is 0 Å². The highest BCUT2D eigenvalue weighted by molar-refractivity contribution is 6.30. The molecule has 0 saturated heterocycles. The molecular weight excluding hydrogens is 314 g/mol. The first-order valence-electron chi connectivity index (χ1n) is 7.44. The third-order valence-electron chi connectivity index (χ3n) is 4.05. The molecule has 0 saturated carbocycles. The quantitative estimate of drug-likeness (QED) is 0.882. The zero-order valence-corrected chi connectivity index (χ0v) is 14.6. The lowest BCUT2D eigenvalue weighted by atomic mass is 10.0. The van der Waals surface area contributed by atoms with Gasteiger partial charge in [0, 0.05) is 30.4 Å². The first kappa shape index (κ1) is 17.5. The van der Waals surface area contributed by atoms with Gasteiger partial charge >= 0.3 is 0 Å². The molecule has 124 valence electrons. The summed E-state index contributed by atoms with van der Waals surface area (Å²) in [6.07, 6.45) is 0.318. The molecule has 1 N–H and O–H groups in total. The molecule has 1 aromatic carbocycles. The molecule has 0 spiro atoms. The van der Waals surface area contributed by atoms with E-state index in [9.17, 15) is 4.79 Å². The van der Waals surface area contributed by atoms with Crippen molar-refractivity contribution in [3.05, 3.63) is 51.8 Å². The first-order valence-corrected chi connectivity index (χ1v) is 7.82. The van der Waals surface area contributed by atoms with Crippen LogP contribution in [0.3, 0.4) is 0 Å². The fourth-order valence-corrected chi connectivity index (χ4v) is 2.68. The summed E-state index contributed by atoms with van der Waals surface area (Å²) < 4.78 is 5.30. The van der Waals surface area contributed by atoms with E-state index in [4.69, 9.17) is 16.3 Å². The average molecular weight is 336 g/mol. The van der Waals surface area contributed by atoms with E-state index in [1.165, 1.54) is 0 Å². The molecule has 6 heteroatoms. The van der Waals surface area contributed by atoms with Crippen LogP contribution in [0.2, 0.25) is 5.02 Å². The van der Waals surface area contributed by atoms with Crippen LogP contribution in [0.4, 0.5) is 0 Å². The minimum Gasteiger partial charge on any atom is -0.382 e. The van der Waals surface area contributed by atoms with Crippen molar-refractivity contribution in [3.8, 4) is 0 Å². The fourth-order valence-electron chi connectivity index (χ4n) is 2.56. The van der Waals surface area contributed by atoms with E-state index in [0.29, 0.717) is 18.1 Å². The zero-order valence-electron chi connectivity index (χ0n) is 13.9. The number of carbonyl (C=O) groups is 1. The van der Waals surface area contributed by atoms with Gasteiger partial charge in [-0.25, -0.2) is 0 Å². The van der Waals surface area contributed by atoms with Crippen LogP contribution in [0.5, 0.6) is 0 Å². The summed E-state index contributed by atoms with van der Waals surface area (Å²) in [5.41, 5.74) is 3.74. The maximum atomic E-state index is 12.7. The van der Waals surface area contributed by atoms with Gasteiger partial charge in [0.15, 0.2) is 0 Å². The number of aryl methyl sites for hydroxylation is 2. The molecule has 5 nitrogen and oxygen atoms in total. The average Bonchev–Trinajstić information content (AvgIpc) is 2.85. The Morgan fingerprint density at radius 1 is 1.35 bits per heavy atom. The number of amides is 1. The van der Waals surface area contributed by atoms with Gasteiger partial charge in [0.25, 0.3) is 0 Å². The molecule has 1 amide bonds. The van der Waals surface area contributed by atoms with E-state index >= 15 is 0 Å². The number of nitrogens with zero attached hydrogens (tertiary/aromatic N) is 2. The number of likely N-dealkylation sites (N-methyl/N-ethyl adjacent to an activating group) is 1. The highest BCUT2D eigenvalue weighted by atomic mass is 35.5. The summed E-state index contributed by atoms with van der Waals surface area (Å²) >= 11 is 5.94. The monoisotopic (exact) mass is 335 g/mol. The molecule has 0 fully saturated rings. The Morgan fingerprint density at radius 3 is 2.52 bits per heavy atom. The van der Waals surface area contributed by atoms with E-state index in [2.05, 4.69) is 10.2 Å². The van der Waals surface area contributed by atoms with E-state index in [0.717, 1.165) is 22.5 Å². The van der Waals surface area contributed by atoms with E-state index in [-0.39, 0.29) is 11.9 Å². The van der Waals surface area contributed by atoms with Crippen LogP contribution >= 0.6 is 11.6 Å². The van der Waals surface area contributed by atoms with Gasteiger partial charge in [-0.15, -0.1) is 0 Å². The molecule has 1 aromatic heterocycles.